The highest BCUT2D eigenvalue weighted by atomic mass is 19.3. The summed E-state index contributed by atoms with van der Waals surface area (Å²) >= 11 is 0. The summed E-state index contributed by atoms with van der Waals surface area (Å²) in [6.07, 6.45) is -2.16. The second-order valence-corrected chi connectivity index (χ2v) is 1.75. The van der Waals surface area contributed by atoms with Gasteiger partial charge in [-0.2, -0.15) is 0 Å². The summed E-state index contributed by atoms with van der Waals surface area (Å²) in [5.41, 5.74) is -0.113. The maximum absolute atomic E-state index is 11.9. The smallest absolute Gasteiger partial charge is 0.244 e. The van der Waals surface area contributed by atoms with Crippen LogP contribution in [0.5, 0.6) is 0 Å². The lowest BCUT2D eigenvalue weighted by Crippen LogP contribution is -1.90. The topological polar surface area (TPSA) is 38.9 Å². The van der Waals surface area contributed by atoms with E-state index in [9.17, 15) is 8.78 Å². The molecule has 0 aliphatic carbocycles. The first-order valence-corrected chi connectivity index (χ1v) is 2.85. The molecule has 56 valence electrons. The minimum atomic E-state index is -2.58. The minimum Gasteiger partial charge on any atom is -0.244 e. The summed E-state index contributed by atoms with van der Waals surface area (Å²) in [7, 11) is 0. The standard InChI is InChI=1S/C5H6F2N2O/c1-2-3-4(5(6)7)9-10-8-3/h5H,2H2,1H3. The molecule has 0 aliphatic heterocycles. The maximum atomic E-state index is 11.9. The van der Waals surface area contributed by atoms with Gasteiger partial charge in [-0.3, -0.25) is 0 Å². The van der Waals surface area contributed by atoms with Crippen molar-refractivity contribution in [2.45, 2.75) is 19.8 Å². The zero-order valence-corrected chi connectivity index (χ0v) is 5.34. The molecule has 0 amide bonds. The maximum Gasteiger partial charge on any atom is 0.285 e. The largest absolute Gasteiger partial charge is 0.285 e. The number of alkyl halides is 2. The summed E-state index contributed by atoms with van der Waals surface area (Å²) in [6, 6.07) is 0. The van der Waals surface area contributed by atoms with Crippen molar-refractivity contribution in [2.24, 2.45) is 0 Å². The first kappa shape index (κ1) is 7.11. The van der Waals surface area contributed by atoms with Crippen molar-refractivity contribution >= 4 is 0 Å². The molecule has 0 N–H and O–H groups in total. The Labute approximate surface area is 56.0 Å². The molecule has 1 aromatic heterocycles. The van der Waals surface area contributed by atoms with Gasteiger partial charge in [0.1, 0.15) is 5.69 Å². The van der Waals surface area contributed by atoms with Crippen LogP contribution in [0.4, 0.5) is 8.78 Å². The fraction of sp³-hybridized carbons (Fsp3) is 0.600. The van der Waals surface area contributed by atoms with Gasteiger partial charge in [0.05, 0.1) is 0 Å². The molecule has 5 heteroatoms. The average Bonchev–Trinajstić information content (AvgIpc) is 2.33. The van der Waals surface area contributed by atoms with E-state index >= 15 is 0 Å². The van der Waals surface area contributed by atoms with E-state index in [2.05, 4.69) is 14.9 Å². The van der Waals surface area contributed by atoms with Gasteiger partial charge < -0.3 is 0 Å². The molecule has 0 fully saturated rings. The lowest BCUT2D eigenvalue weighted by atomic mass is 10.3. The van der Waals surface area contributed by atoms with Gasteiger partial charge in [-0.1, -0.05) is 12.1 Å². The second-order valence-electron chi connectivity index (χ2n) is 1.75. The summed E-state index contributed by atoms with van der Waals surface area (Å²) in [6.45, 7) is 1.71. The lowest BCUT2D eigenvalue weighted by Gasteiger charge is -1.90. The molecule has 10 heavy (non-hydrogen) atoms. The Kier molecular flexibility index (Phi) is 1.94. The predicted molar refractivity (Wildman–Crippen MR) is 28.6 cm³/mol. The van der Waals surface area contributed by atoms with Crippen molar-refractivity contribution in [2.75, 3.05) is 0 Å². The monoisotopic (exact) mass is 148 g/mol. The summed E-state index contributed by atoms with van der Waals surface area (Å²) in [4.78, 5) is 0. The third-order valence-corrected chi connectivity index (χ3v) is 1.13. The van der Waals surface area contributed by atoms with Crippen molar-refractivity contribution in [3.8, 4) is 0 Å². The number of aromatic nitrogens is 2. The van der Waals surface area contributed by atoms with Gasteiger partial charge in [0, 0.05) is 0 Å². The van der Waals surface area contributed by atoms with E-state index in [0.717, 1.165) is 0 Å². The Hall–Kier alpha value is -1.00. The van der Waals surface area contributed by atoms with Gasteiger partial charge >= 0.3 is 0 Å². The van der Waals surface area contributed by atoms with Crippen molar-refractivity contribution in [1.82, 2.24) is 10.3 Å². The molecule has 0 saturated heterocycles. The average molecular weight is 148 g/mol. The van der Waals surface area contributed by atoms with Crippen LogP contribution in [0.3, 0.4) is 0 Å². The number of hydrogen-bond donors (Lipinski definition) is 0. The predicted octanol–water partition coefficient (Wildman–Crippen LogP) is 1.57. The first-order valence-electron chi connectivity index (χ1n) is 2.85. The highest BCUT2D eigenvalue weighted by Gasteiger charge is 2.17. The van der Waals surface area contributed by atoms with Gasteiger partial charge in [0.25, 0.3) is 6.43 Å². The second kappa shape index (κ2) is 2.72. The van der Waals surface area contributed by atoms with Crippen LogP contribution in [-0.2, 0) is 6.42 Å². The molecular weight excluding hydrogens is 142 g/mol. The van der Waals surface area contributed by atoms with Gasteiger partial charge in [-0.25, -0.2) is 13.4 Å². The molecule has 0 aromatic carbocycles. The van der Waals surface area contributed by atoms with Crippen LogP contribution in [0.2, 0.25) is 0 Å². The first-order chi connectivity index (χ1) is 4.75. The van der Waals surface area contributed by atoms with Crippen LogP contribution in [0, 0.1) is 0 Å². The van der Waals surface area contributed by atoms with Crippen LogP contribution in [0.15, 0.2) is 4.63 Å². The number of hydrogen-bond acceptors (Lipinski definition) is 3. The molecule has 3 nitrogen and oxygen atoms in total. The molecule has 0 aliphatic rings. The van der Waals surface area contributed by atoms with Gasteiger partial charge in [-0.15, -0.1) is 0 Å². The Balaban J connectivity index is 2.90. The molecule has 0 spiro atoms. The third kappa shape index (κ3) is 1.12. The van der Waals surface area contributed by atoms with E-state index in [1.165, 1.54) is 0 Å². The van der Waals surface area contributed by atoms with E-state index in [4.69, 9.17) is 0 Å². The molecule has 0 unspecified atom stereocenters. The molecule has 0 radical (unpaired) electrons. The van der Waals surface area contributed by atoms with Gasteiger partial charge in [0.2, 0.25) is 0 Å². The molecule has 1 rings (SSSR count). The highest BCUT2D eigenvalue weighted by molar-refractivity contribution is 5.07. The minimum absolute atomic E-state index is 0.231. The van der Waals surface area contributed by atoms with Gasteiger partial charge in [-0.05, 0) is 11.6 Å². The Morgan fingerprint density at radius 2 is 2.20 bits per heavy atom. The molecule has 0 bridgehead atoms. The Bertz CT molecular complexity index is 211. The normalized spacial score (nSPS) is 10.8. The van der Waals surface area contributed by atoms with Crippen LogP contribution >= 0.6 is 0 Å². The van der Waals surface area contributed by atoms with E-state index in [0.29, 0.717) is 6.42 Å². The number of rotatable bonds is 2. The van der Waals surface area contributed by atoms with Crippen molar-refractivity contribution in [3.05, 3.63) is 11.4 Å². The molecular formula is C5H6F2N2O. The fourth-order valence-electron chi connectivity index (χ4n) is 0.625. The molecule has 1 heterocycles. The van der Waals surface area contributed by atoms with Crippen molar-refractivity contribution in [1.29, 1.82) is 0 Å². The van der Waals surface area contributed by atoms with E-state index < -0.39 is 6.43 Å². The Morgan fingerprint density at radius 1 is 1.50 bits per heavy atom. The van der Waals surface area contributed by atoms with Crippen molar-refractivity contribution < 1.29 is 13.4 Å². The summed E-state index contributed by atoms with van der Waals surface area (Å²) in [5, 5.41) is 6.34. The number of aryl methyl sites for hydroxylation is 1. The molecule has 0 atom stereocenters. The fourth-order valence-corrected chi connectivity index (χ4v) is 0.625. The van der Waals surface area contributed by atoms with Crippen LogP contribution < -0.4 is 0 Å². The van der Waals surface area contributed by atoms with Crippen molar-refractivity contribution in [3.63, 3.8) is 0 Å². The van der Waals surface area contributed by atoms with Crippen LogP contribution in [-0.4, -0.2) is 10.3 Å². The van der Waals surface area contributed by atoms with E-state index in [1.54, 1.807) is 6.92 Å². The Morgan fingerprint density at radius 3 is 2.60 bits per heavy atom. The molecule has 1 aromatic rings. The SMILES string of the molecule is CCc1nonc1C(F)F. The number of nitrogens with zero attached hydrogens (tertiary/aromatic N) is 2. The summed E-state index contributed by atoms with van der Waals surface area (Å²) < 4.78 is 27.9. The van der Waals surface area contributed by atoms with Crippen LogP contribution in [0.1, 0.15) is 24.7 Å². The van der Waals surface area contributed by atoms with E-state index in [-0.39, 0.29) is 11.4 Å². The van der Waals surface area contributed by atoms with Crippen LogP contribution in [0.25, 0.3) is 0 Å². The zero-order valence-electron chi connectivity index (χ0n) is 5.34. The van der Waals surface area contributed by atoms with Gasteiger partial charge in [0.15, 0.2) is 5.69 Å². The number of halogens is 2. The van der Waals surface area contributed by atoms with E-state index in [1.807, 2.05) is 0 Å². The zero-order chi connectivity index (χ0) is 7.56. The quantitative estimate of drug-likeness (QED) is 0.638. The highest BCUT2D eigenvalue weighted by Crippen LogP contribution is 2.18. The molecule has 0 saturated carbocycles. The third-order valence-electron chi connectivity index (χ3n) is 1.13. The lowest BCUT2D eigenvalue weighted by molar-refractivity contribution is 0.138. The summed E-state index contributed by atoms with van der Waals surface area (Å²) in [5.74, 6) is 0.